The van der Waals surface area contributed by atoms with Crippen LogP contribution >= 0.6 is 0 Å². The zero-order valence-electron chi connectivity index (χ0n) is 74.3. The maximum absolute atomic E-state index is 6.45. The lowest BCUT2D eigenvalue weighted by Crippen LogP contribution is -2.60. The van der Waals surface area contributed by atoms with E-state index in [9.17, 15) is 0 Å². The number of rotatable bonds is 5. The molecule has 8 aromatic carbocycles. The van der Waals surface area contributed by atoms with E-state index >= 15 is 0 Å². The summed E-state index contributed by atoms with van der Waals surface area (Å²) in [5.74, 6) is 4.94. The molecule has 2 saturated heterocycles. The van der Waals surface area contributed by atoms with Gasteiger partial charge in [0.2, 0.25) is 5.71 Å². The number of benzene rings is 8. The number of fused-ring (bicyclic) bond motifs is 10. The van der Waals surface area contributed by atoms with Crippen molar-refractivity contribution < 1.29 is 8.83 Å². The minimum Gasteiger partial charge on any atom is -0.454 e. The minimum atomic E-state index is 0.0916. The van der Waals surface area contributed by atoms with Gasteiger partial charge in [-0.15, -0.1) is 0 Å². The highest BCUT2D eigenvalue weighted by Gasteiger charge is 2.65. The van der Waals surface area contributed by atoms with Crippen LogP contribution < -0.4 is 24.5 Å². The van der Waals surface area contributed by atoms with Crippen LogP contribution in [0.3, 0.4) is 0 Å². The van der Waals surface area contributed by atoms with Crippen molar-refractivity contribution in [2.75, 3.05) is 24.5 Å². The lowest BCUT2D eigenvalue weighted by Gasteiger charge is -2.62. The molecule has 11 aliphatic rings. The van der Waals surface area contributed by atoms with E-state index in [0.717, 1.165) is 69.1 Å². The summed E-state index contributed by atoms with van der Waals surface area (Å²) in [6.07, 6.45) is 27.4. The number of pyridine rings is 2. The van der Waals surface area contributed by atoms with Crippen molar-refractivity contribution in [3.8, 4) is 0 Å². The van der Waals surface area contributed by atoms with E-state index in [1.807, 2.05) is 18.3 Å². The Kier molecular flexibility index (Phi) is 20.4. The molecule has 9 heterocycles. The summed E-state index contributed by atoms with van der Waals surface area (Å²) in [7, 11) is 0. The molecule has 614 valence electrons. The Hall–Kier alpha value is -9.34. The van der Waals surface area contributed by atoms with E-state index in [1.54, 1.807) is 17.3 Å². The monoisotopic (exact) mass is 1570 g/mol. The maximum atomic E-state index is 6.45. The molecule has 0 amide bonds. The highest BCUT2D eigenvalue weighted by molar-refractivity contribution is 6.10. The molecule has 12 aromatic rings. The van der Waals surface area contributed by atoms with Gasteiger partial charge in [-0.1, -0.05) is 206 Å². The SMILES string of the molecule is Cc1ccc2c(oc3ccccc32)c1N1[C@@H](C)C2(CCCCC2)CC1(C)C.Cc1ccc2c(oc3ncccc32)c1N1[C@@H](C)C(C)(C)CC1(C)C.Cc1ccccc1N1c2ccccc2C2(C3CC4CC(C3)CC2C4)[C@@H]1C.Cc1ccccc1N1c2ccccc2C2(CCCCC2)[C@@H]1C.Cc1ccccc1N1c2ncccc2C(C)(C)[C@@H]1C. The fraction of sp³-hybridized carbons (Fsp3) is 0.468. The second-order valence-electron chi connectivity index (χ2n) is 40.8. The highest BCUT2D eigenvalue weighted by atomic mass is 16.3. The number of furan rings is 2. The van der Waals surface area contributed by atoms with Crippen LogP contribution in [-0.2, 0) is 16.2 Å². The first-order valence-corrected chi connectivity index (χ1v) is 45.6. The fourth-order valence-corrected chi connectivity index (χ4v) is 27.0. The predicted molar refractivity (Wildman–Crippen MR) is 497 cm³/mol. The fourth-order valence-electron chi connectivity index (χ4n) is 27.0. The van der Waals surface area contributed by atoms with Crippen LogP contribution in [-0.4, -0.2) is 51.3 Å². The molecule has 5 aliphatic heterocycles. The summed E-state index contributed by atoms with van der Waals surface area (Å²) in [6.45, 7) is 42.1. The number of hydrogen-bond donors (Lipinski definition) is 0. The van der Waals surface area contributed by atoms with E-state index in [4.69, 9.17) is 8.83 Å². The van der Waals surface area contributed by atoms with Gasteiger partial charge in [-0.2, -0.15) is 0 Å². The average molecular weight is 1570 g/mol. The molecule has 6 saturated carbocycles. The Labute approximate surface area is 705 Å². The standard InChI is InChI=1S/C25H31NO.C25H29N.C21H26N2O.C21H25N.C17H20N2/c1-17-12-13-20-19-10-6-7-11-21(19)27-23(20)22(17)26-18(2)25(16-24(26,3)4)14-8-5-9-15-25;1-16-7-3-5-9-23(16)26-17(2)25(22-8-4-6-10-24(22)26)20-12-18-11-19(14-20)15-21(25)13-18;1-13-9-10-15-16-8-7-11-22-19(16)24-18(15)17(13)23-14(2)20(3,4)12-21(23,5)6;1-16-10-4-6-12-19(16)22-17(2)21(14-8-3-9-15-21)18-11-5-7-13-20(18)22;1-12-8-5-6-10-15(12)19-13(2)17(3,4)14-9-7-11-18-16(14)19/h6-7,10-13,18H,5,8-9,14-16H2,1-4H3;3-10,17-21H,11-15H2,1-2H3;7-11,14H,12H2,1-6H3;4-7,10-13,17H,3,8-9,14-15H2,1-2H3;5-11,13H,1-4H3/t18-;17-,18?,19?,20?,21?,25?;14-;17-;13-/m00000/s1. The molecule has 6 aliphatic carbocycles. The summed E-state index contributed by atoms with van der Waals surface area (Å²) in [5, 5.41) is 4.73. The van der Waals surface area contributed by atoms with Crippen LogP contribution in [0.1, 0.15) is 244 Å². The van der Waals surface area contributed by atoms with Crippen molar-refractivity contribution >= 4 is 89.6 Å². The lowest BCUT2D eigenvalue weighted by atomic mass is 9.42. The molecule has 0 unspecified atom stereocenters. The largest absolute Gasteiger partial charge is 0.454 e. The van der Waals surface area contributed by atoms with Gasteiger partial charge in [-0.3, -0.25) is 0 Å². The third-order valence-electron chi connectivity index (χ3n) is 32.5. The van der Waals surface area contributed by atoms with Crippen molar-refractivity contribution in [2.24, 2.45) is 34.5 Å². The van der Waals surface area contributed by atoms with Gasteiger partial charge in [0.05, 0.1) is 11.4 Å². The predicted octanol–water partition coefficient (Wildman–Crippen LogP) is 29.1. The zero-order chi connectivity index (χ0) is 82.3. The van der Waals surface area contributed by atoms with E-state index < -0.39 is 0 Å². The molecule has 3 spiro atoms. The smallest absolute Gasteiger partial charge is 0.227 e. The Morgan fingerprint density at radius 1 is 0.347 bits per heavy atom. The first kappa shape index (κ1) is 79.8. The van der Waals surface area contributed by atoms with Gasteiger partial charge in [0.25, 0.3) is 0 Å². The molecule has 0 N–H and O–H groups in total. The zero-order valence-corrected chi connectivity index (χ0v) is 74.3. The van der Waals surface area contributed by atoms with Gasteiger partial charge >= 0.3 is 0 Å². The number of nitrogens with zero attached hydrogens (tertiary/aromatic N) is 7. The first-order chi connectivity index (χ1) is 56.6. The van der Waals surface area contributed by atoms with E-state index in [2.05, 4.69) is 341 Å². The second-order valence-corrected chi connectivity index (χ2v) is 40.8. The number of hydrogen-bond acceptors (Lipinski definition) is 9. The summed E-state index contributed by atoms with van der Waals surface area (Å²) in [4.78, 5) is 22.0. The van der Waals surface area contributed by atoms with E-state index in [0.29, 0.717) is 46.5 Å². The van der Waals surface area contributed by atoms with Crippen LogP contribution in [0.25, 0.3) is 44.0 Å². The molecule has 9 heteroatoms. The van der Waals surface area contributed by atoms with Crippen LogP contribution in [0.4, 0.5) is 45.6 Å². The maximum Gasteiger partial charge on any atom is 0.227 e. The lowest BCUT2D eigenvalue weighted by molar-refractivity contribution is -0.0654. The van der Waals surface area contributed by atoms with Gasteiger partial charge < -0.3 is 33.3 Å². The Morgan fingerprint density at radius 2 is 0.797 bits per heavy atom. The van der Waals surface area contributed by atoms with Crippen molar-refractivity contribution in [3.05, 3.63) is 251 Å². The quantitative estimate of drug-likeness (QED) is 0.168. The molecule has 23 rings (SSSR count). The van der Waals surface area contributed by atoms with Crippen molar-refractivity contribution in [3.63, 3.8) is 0 Å². The van der Waals surface area contributed by atoms with Crippen molar-refractivity contribution in [2.45, 2.75) is 291 Å². The van der Waals surface area contributed by atoms with Crippen LogP contribution in [0.2, 0.25) is 0 Å². The summed E-state index contributed by atoms with van der Waals surface area (Å²) in [6, 6.07) is 73.0. The summed E-state index contributed by atoms with van der Waals surface area (Å²) in [5.41, 5.74) is 26.4. The molecule has 4 bridgehead atoms. The van der Waals surface area contributed by atoms with Crippen LogP contribution in [0.5, 0.6) is 0 Å². The van der Waals surface area contributed by atoms with Crippen LogP contribution in [0.15, 0.2) is 215 Å². The summed E-state index contributed by atoms with van der Waals surface area (Å²) < 4.78 is 12.7. The number of para-hydroxylation sites is 6. The topological polar surface area (TPSA) is 68.3 Å². The first-order valence-electron chi connectivity index (χ1n) is 45.6. The number of anilines is 8. The van der Waals surface area contributed by atoms with Crippen molar-refractivity contribution in [1.29, 1.82) is 0 Å². The molecule has 4 aromatic heterocycles. The third-order valence-corrected chi connectivity index (χ3v) is 32.5. The Morgan fingerprint density at radius 3 is 1.37 bits per heavy atom. The molecular formula is C109H131N7O2. The second kappa shape index (κ2) is 30.1. The molecule has 8 fully saturated rings. The van der Waals surface area contributed by atoms with Gasteiger partial charge in [0.15, 0.2) is 11.2 Å². The van der Waals surface area contributed by atoms with E-state index in [1.165, 1.54) is 187 Å². The summed E-state index contributed by atoms with van der Waals surface area (Å²) >= 11 is 0. The Balaban J connectivity index is 0.000000102. The van der Waals surface area contributed by atoms with Gasteiger partial charge in [0, 0.05) is 125 Å². The highest BCUT2D eigenvalue weighted by Crippen LogP contribution is 2.69. The van der Waals surface area contributed by atoms with E-state index in [-0.39, 0.29) is 21.9 Å². The molecule has 0 radical (unpaired) electrons. The Bertz CT molecular complexity index is 5690. The average Bonchev–Trinajstić information content (AvgIpc) is 1.49. The van der Waals surface area contributed by atoms with Gasteiger partial charge in [-0.25, -0.2) is 9.97 Å². The van der Waals surface area contributed by atoms with Crippen molar-refractivity contribution in [1.82, 2.24) is 9.97 Å². The number of aryl methyl sites for hydroxylation is 5. The molecule has 118 heavy (non-hydrogen) atoms. The van der Waals surface area contributed by atoms with Gasteiger partial charge in [-0.05, 0) is 296 Å². The number of aromatic nitrogens is 2. The van der Waals surface area contributed by atoms with Crippen LogP contribution in [0, 0.1) is 69.1 Å². The normalized spacial score (nSPS) is 26.4. The molecule has 5 atom stereocenters. The minimum absolute atomic E-state index is 0.0916. The third kappa shape index (κ3) is 12.8. The van der Waals surface area contributed by atoms with Gasteiger partial charge in [0.1, 0.15) is 11.4 Å². The molecular weight excluding hydrogens is 1440 g/mol. The molecule has 9 nitrogen and oxygen atoms in total.